The van der Waals surface area contributed by atoms with Gasteiger partial charge in [-0.2, -0.15) is 0 Å². The smallest absolute Gasteiger partial charge is 0.128 e. The summed E-state index contributed by atoms with van der Waals surface area (Å²) < 4.78 is 11.0. The third kappa shape index (κ3) is 8.36. The van der Waals surface area contributed by atoms with Crippen LogP contribution < -0.4 is 33.5 Å². The van der Waals surface area contributed by atoms with Crippen molar-refractivity contribution < 1.29 is 60.7 Å². The molecule has 0 spiro atoms. The topological polar surface area (TPSA) is 83.6 Å². The van der Waals surface area contributed by atoms with Gasteiger partial charge in [0.15, 0.2) is 0 Å². The zero-order chi connectivity index (χ0) is 26.7. The molecule has 2 N–H and O–H groups in total. The number of phenols is 2. The maximum Gasteiger partial charge on any atom is 0.128 e. The van der Waals surface area contributed by atoms with Crippen LogP contribution in [0.2, 0.25) is 0 Å². The van der Waals surface area contributed by atoms with Crippen LogP contribution in [0.3, 0.4) is 0 Å². The molecule has 2 aromatic carbocycles. The van der Waals surface area contributed by atoms with E-state index in [0.29, 0.717) is 22.6 Å². The van der Waals surface area contributed by atoms with Crippen molar-refractivity contribution >= 4 is 12.4 Å². The Labute approximate surface area is 255 Å². The number of hydrogen-bond acceptors (Lipinski definition) is 6. The van der Waals surface area contributed by atoms with Gasteiger partial charge in [0.1, 0.15) is 23.0 Å². The van der Waals surface area contributed by atoms with E-state index in [4.69, 9.17) is 19.5 Å². The Balaban J connectivity index is 0.00000361. The predicted octanol–water partition coefficient (Wildman–Crippen LogP) is 3.56. The number of phenolic OH excluding ortho intramolecular Hbond substituents is 2. The van der Waals surface area contributed by atoms with E-state index in [1.165, 1.54) is 0 Å². The maximum absolute atomic E-state index is 10.9. The van der Waals surface area contributed by atoms with Gasteiger partial charge in [-0.3, -0.25) is 9.98 Å². The van der Waals surface area contributed by atoms with Crippen LogP contribution >= 0.6 is 0 Å². The maximum atomic E-state index is 10.9. The third-order valence-electron chi connectivity index (χ3n) is 6.82. The normalized spacial score (nSPS) is 18.2. The average Bonchev–Trinajstić information content (AvgIpc) is 2.81. The van der Waals surface area contributed by atoms with E-state index in [2.05, 4.69) is 41.5 Å². The molecule has 1 aliphatic carbocycles. The molecule has 0 bridgehead atoms. The Hall–Kier alpha value is -1.77. The Kier molecular flexibility index (Phi) is 12.7. The molecule has 1 fully saturated rings. The number of rotatable bonds is 6. The zero-order valence-corrected chi connectivity index (χ0v) is 27.1. The summed E-state index contributed by atoms with van der Waals surface area (Å²) >= 11 is 0. The molecule has 38 heavy (non-hydrogen) atoms. The fraction of sp³-hybridized carbons (Fsp3) is 0.533. The van der Waals surface area contributed by atoms with Gasteiger partial charge in [-0.15, -0.1) is 0 Å². The first kappa shape index (κ1) is 34.3. The van der Waals surface area contributed by atoms with Crippen LogP contribution in [-0.4, -0.2) is 48.9 Å². The van der Waals surface area contributed by atoms with E-state index in [1.807, 2.05) is 24.3 Å². The number of hydrogen-bond donors (Lipinski definition) is 2. The minimum absolute atomic E-state index is 0. The monoisotopic (exact) mass is 676 g/mol. The van der Waals surface area contributed by atoms with Crippen molar-refractivity contribution in [2.75, 3.05) is 14.2 Å². The van der Waals surface area contributed by atoms with Crippen molar-refractivity contribution in [3.8, 4) is 23.0 Å². The summed E-state index contributed by atoms with van der Waals surface area (Å²) in [6, 6.07) is 7.39. The molecular weight excluding hydrogens is 634 g/mol. The first-order valence-corrected chi connectivity index (χ1v) is 12.7. The number of aromatic hydroxyl groups is 2. The van der Waals surface area contributed by atoms with Gasteiger partial charge in [0.25, 0.3) is 0 Å². The largest absolute Gasteiger partial charge is 1.00 e. The van der Waals surface area contributed by atoms with Crippen molar-refractivity contribution in [1.82, 2.24) is 0 Å². The molecule has 1 saturated carbocycles. The van der Waals surface area contributed by atoms with Crippen LogP contribution in [0.5, 0.6) is 23.0 Å². The Bertz CT molecular complexity index is 1050. The summed E-state index contributed by atoms with van der Waals surface area (Å²) in [5.41, 5.74) is 2.47. The number of methoxy groups -OCH3 is 2. The second-order valence-corrected chi connectivity index (χ2v) is 11.7. The van der Waals surface area contributed by atoms with Crippen molar-refractivity contribution in [3.63, 3.8) is 0 Å². The fourth-order valence-corrected chi connectivity index (χ4v) is 4.63. The van der Waals surface area contributed by atoms with Gasteiger partial charge in [0.2, 0.25) is 0 Å². The molecule has 8 heteroatoms. The van der Waals surface area contributed by atoms with E-state index in [9.17, 15) is 10.2 Å². The predicted molar refractivity (Wildman–Crippen MR) is 148 cm³/mol. The zero-order valence-electron chi connectivity index (χ0n) is 23.8. The van der Waals surface area contributed by atoms with Crippen molar-refractivity contribution in [3.05, 3.63) is 46.5 Å². The summed E-state index contributed by atoms with van der Waals surface area (Å²) in [5.74, 6) is 1.86. The number of aliphatic imine (C=N–C) groups is 2. The van der Waals surface area contributed by atoms with Crippen LogP contribution in [0.15, 0.2) is 34.3 Å². The van der Waals surface area contributed by atoms with Gasteiger partial charge in [-0.1, -0.05) is 54.4 Å². The van der Waals surface area contributed by atoms with Crippen molar-refractivity contribution in [2.24, 2.45) is 9.98 Å². The number of benzene rings is 2. The van der Waals surface area contributed by atoms with Crippen LogP contribution in [0.25, 0.3) is 0 Å². The molecule has 1 aliphatic rings. The van der Waals surface area contributed by atoms with E-state index in [-0.39, 0.29) is 75.5 Å². The molecule has 6 nitrogen and oxygen atoms in total. The molecule has 0 unspecified atom stereocenters. The van der Waals surface area contributed by atoms with E-state index < -0.39 is 0 Å². The van der Waals surface area contributed by atoms with Crippen LogP contribution in [0.1, 0.15) is 89.5 Å². The number of halogens is 1. The summed E-state index contributed by atoms with van der Waals surface area (Å²) in [7, 11) is 3.26. The second kappa shape index (κ2) is 14.0. The molecule has 2 atom stereocenters. The third-order valence-corrected chi connectivity index (χ3v) is 6.82. The molecule has 0 amide bonds. The standard InChI is InChI=1S/C30H42N2O4.HI.Mn/c1-29(2,3)23-15-21(35-7)13-19(27(23)33)17-31-25-11-9-10-12-26(25)32-18-20-14-22(36-8)16-24(28(20)34)30(4,5)6;;/h13-18,25-26,33-34H,9-12H2,1-8H3;1H;/p-1/t25-,26-;;/m1../s1. The molecule has 211 valence electrons. The summed E-state index contributed by atoms with van der Waals surface area (Å²) in [6.45, 7) is 12.4. The van der Waals surface area contributed by atoms with E-state index >= 15 is 0 Å². The molecule has 0 aromatic heterocycles. The molecule has 3 rings (SSSR count). The summed E-state index contributed by atoms with van der Waals surface area (Å²) in [6.07, 6.45) is 7.53. The Morgan fingerprint density at radius 3 is 1.34 bits per heavy atom. The van der Waals surface area contributed by atoms with Crippen molar-refractivity contribution in [2.45, 2.75) is 90.1 Å². The van der Waals surface area contributed by atoms with Crippen LogP contribution in [0, 0.1) is 0 Å². The van der Waals surface area contributed by atoms with Gasteiger partial charge < -0.3 is 43.7 Å². The number of nitrogens with zero attached hydrogens (tertiary/aromatic N) is 2. The molecule has 0 saturated heterocycles. The van der Waals surface area contributed by atoms with Crippen molar-refractivity contribution in [1.29, 1.82) is 0 Å². The van der Waals surface area contributed by atoms with E-state index in [1.54, 1.807) is 26.6 Å². The van der Waals surface area contributed by atoms with Gasteiger partial charge in [0, 0.05) is 51.8 Å². The minimum Gasteiger partial charge on any atom is -1.00 e. The van der Waals surface area contributed by atoms with E-state index in [0.717, 1.165) is 36.8 Å². The van der Waals surface area contributed by atoms with Crippen LogP contribution in [0.4, 0.5) is 0 Å². The molecule has 2 aromatic rings. The van der Waals surface area contributed by atoms with Crippen LogP contribution in [-0.2, 0) is 27.9 Å². The molecule has 0 heterocycles. The average molecular weight is 677 g/mol. The quantitative estimate of drug-likeness (QED) is 0.279. The fourth-order valence-electron chi connectivity index (χ4n) is 4.63. The Morgan fingerprint density at radius 1 is 0.711 bits per heavy atom. The first-order valence-electron chi connectivity index (χ1n) is 12.7. The van der Waals surface area contributed by atoms with Gasteiger partial charge in [0.05, 0.1) is 26.3 Å². The minimum atomic E-state index is -0.233. The molecule has 1 radical (unpaired) electrons. The summed E-state index contributed by atoms with van der Waals surface area (Å²) in [5, 5.41) is 21.9. The van der Waals surface area contributed by atoms with Gasteiger partial charge in [-0.05, 0) is 47.9 Å². The summed E-state index contributed by atoms with van der Waals surface area (Å²) in [4.78, 5) is 9.76. The Morgan fingerprint density at radius 2 is 1.05 bits per heavy atom. The molecular formula is C30H42IMnN2O4-. The molecule has 0 aliphatic heterocycles. The second-order valence-electron chi connectivity index (χ2n) is 11.7. The SMILES string of the molecule is COc1cc(C=N[C@@H]2CCCC[C@H]2N=Cc2cc(OC)cc(C(C)(C)C)c2O)c(O)c(C(C)(C)C)c1.[I-].[Mn]. The van der Waals surface area contributed by atoms with Gasteiger partial charge in [-0.25, -0.2) is 0 Å². The van der Waals surface area contributed by atoms with Gasteiger partial charge >= 0.3 is 0 Å². The number of ether oxygens (including phenoxy) is 2. The first-order chi connectivity index (χ1) is 16.8.